The lowest BCUT2D eigenvalue weighted by atomic mass is 9.99. The first-order valence-corrected chi connectivity index (χ1v) is 8.20. The lowest BCUT2D eigenvalue weighted by Gasteiger charge is -2.29. The number of hydrogen-bond acceptors (Lipinski definition) is 3. The van der Waals surface area contributed by atoms with E-state index in [1.54, 1.807) is 0 Å². The second-order valence-corrected chi connectivity index (χ2v) is 7.34. The Morgan fingerprint density at radius 3 is 2.30 bits per heavy atom. The van der Waals surface area contributed by atoms with Crippen molar-refractivity contribution in [1.29, 1.82) is 0 Å². The van der Waals surface area contributed by atoms with Gasteiger partial charge in [0.05, 0.1) is 20.9 Å². The summed E-state index contributed by atoms with van der Waals surface area (Å²) in [6.45, 7) is 0.388. The predicted molar refractivity (Wildman–Crippen MR) is 75.6 cm³/mol. The summed E-state index contributed by atoms with van der Waals surface area (Å²) in [6.07, 6.45) is 0.631. The molecule has 2 rings (SSSR count). The van der Waals surface area contributed by atoms with Crippen molar-refractivity contribution in [1.82, 2.24) is 4.31 Å². The topological polar surface area (TPSA) is 74.7 Å². The summed E-state index contributed by atoms with van der Waals surface area (Å²) in [4.78, 5) is 10.9. The molecule has 110 valence electrons. The summed E-state index contributed by atoms with van der Waals surface area (Å²) >= 11 is 11.6. The molecule has 0 amide bonds. The first kappa shape index (κ1) is 15.6. The second kappa shape index (κ2) is 5.89. The van der Waals surface area contributed by atoms with Crippen LogP contribution < -0.4 is 0 Å². The van der Waals surface area contributed by atoms with E-state index >= 15 is 0 Å². The maximum atomic E-state index is 12.4. The van der Waals surface area contributed by atoms with Gasteiger partial charge in [-0.15, -0.1) is 0 Å². The molecule has 1 saturated heterocycles. The Bertz CT molecular complexity index is 624. The van der Waals surface area contributed by atoms with Gasteiger partial charge in [-0.3, -0.25) is 4.79 Å². The van der Waals surface area contributed by atoms with Gasteiger partial charge in [0.15, 0.2) is 0 Å². The van der Waals surface area contributed by atoms with Gasteiger partial charge in [0, 0.05) is 13.1 Å². The van der Waals surface area contributed by atoms with Crippen LogP contribution in [-0.2, 0) is 14.8 Å². The van der Waals surface area contributed by atoms with Crippen LogP contribution in [0.1, 0.15) is 12.8 Å². The Kier molecular flexibility index (Phi) is 4.59. The van der Waals surface area contributed by atoms with Crippen molar-refractivity contribution in [3.63, 3.8) is 0 Å². The van der Waals surface area contributed by atoms with Crippen molar-refractivity contribution in [2.45, 2.75) is 17.7 Å². The molecule has 20 heavy (non-hydrogen) atoms. The third-order valence-corrected chi connectivity index (χ3v) is 5.97. The minimum atomic E-state index is -3.65. The number of carboxylic acid groups (broad SMARTS) is 1. The Balaban J connectivity index is 2.19. The van der Waals surface area contributed by atoms with E-state index in [0.29, 0.717) is 12.8 Å². The Morgan fingerprint density at radius 2 is 1.80 bits per heavy atom. The zero-order valence-corrected chi connectivity index (χ0v) is 12.7. The fraction of sp³-hybridized carbons (Fsp3) is 0.417. The third kappa shape index (κ3) is 3.09. The lowest BCUT2D eigenvalue weighted by Crippen LogP contribution is -2.40. The fourth-order valence-corrected chi connectivity index (χ4v) is 3.99. The van der Waals surface area contributed by atoms with Gasteiger partial charge in [0.25, 0.3) is 0 Å². The molecule has 1 aliphatic heterocycles. The number of nitrogens with zero attached hydrogens (tertiary/aromatic N) is 1. The SMILES string of the molecule is O=C(O)C1CCN(S(=O)(=O)c2ccc(Cl)c(Cl)c2)CC1. The van der Waals surface area contributed by atoms with Crippen LogP contribution in [0.15, 0.2) is 23.1 Å². The molecule has 1 aliphatic rings. The van der Waals surface area contributed by atoms with Crippen molar-refractivity contribution >= 4 is 39.2 Å². The number of carbonyl (C=O) groups is 1. The molecule has 0 aromatic heterocycles. The number of carboxylic acids is 1. The molecule has 0 bridgehead atoms. The van der Waals surface area contributed by atoms with Crippen molar-refractivity contribution in [3.8, 4) is 0 Å². The van der Waals surface area contributed by atoms with E-state index < -0.39 is 21.9 Å². The van der Waals surface area contributed by atoms with Gasteiger partial charge in [0.2, 0.25) is 10.0 Å². The summed E-state index contributed by atoms with van der Waals surface area (Å²) in [7, 11) is -3.65. The summed E-state index contributed by atoms with van der Waals surface area (Å²) < 4.78 is 26.1. The summed E-state index contributed by atoms with van der Waals surface area (Å²) in [5.74, 6) is -1.35. The molecule has 0 spiro atoms. The molecule has 1 aromatic rings. The molecule has 0 saturated carbocycles. The Morgan fingerprint density at radius 1 is 1.20 bits per heavy atom. The molecule has 1 heterocycles. The largest absolute Gasteiger partial charge is 0.481 e. The zero-order valence-electron chi connectivity index (χ0n) is 10.4. The van der Waals surface area contributed by atoms with Gasteiger partial charge in [-0.2, -0.15) is 4.31 Å². The van der Waals surface area contributed by atoms with E-state index in [4.69, 9.17) is 28.3 Å². The molecule has 1 fully saturated rings. The van der Waals surface area contributed by atoms with Gasteiger partial charge in [-0.05, 0) is 31.0 Å². The number of aliphatic carboxylic acids is 1. The standard InChI is InChI=1S/C12H13Cl2NO4S/c13-10-2-1-9(7-11(10)14)20(18,19)15-5-3-8(4-6-15)12(16)17/h1-2,7-8H,3-6H2,(H,16,17). The number of piperidine rings is 1. The quantitative estimate of drug-likeness (QED) is 0.919. The zero-order chi connectivity index (χ0) is 14.9. The van der Waals surface area contributed by atoms with E-state index in [1.165, 1.54) is 22.5 Å². The van der Waals surface area contributed by atoms with E-state index in [2.05, 4.69) is 0 Å². The van der Waals surface area contributed by atoms with Crippen LogP contribution in [0.5, 0.6) is 0 Å². The molecule has 1 aromatic carbocycles. The summed E-state index contributed by atoms with van der Waals surface area (Å²) in [6, 6.07) is 4.14. The molecule has 0 unspecified atom stereocenters. The van der Waals surface area contributed by atoms with E-state index in [1.807, 2.05) is 0 Å². The number of halogens is 2. The Hall–Kier alpha value is -0.820. The van der Waals surface area contributed by atoms with Gasteiger partial charge in [-0.1, -0.05) is 23.2 Å². The van der Waals surface area contributed by atoms with Crippen molar-refractivity contribution in [3.05, 3.63) is 28.2 Å². The van der Waals surface area contributed by atoms with E-state index in [-0.39, 0.29) is 28.0 Å². The smallest absolute Gasteiger partial charge is 0.306 e. The molecular weight excluding hydrogens is 325 g/mol. The van der Waals surface area contributed by atoms with Crippen LogP contribution in [0.25, 0.3) is 0 Å². The fourth-order valence-electron chi connectivity index (χ4n) is 2.13. The first-order chi connectivity index (χ1) is 9.32. The van der Waals surface area contributed by atoms with Gasteiger partial charge < -0.3 is 5.11 Å². The summed E-state index contributed by atoms with van der Waals surface area (Å²) in [5, 5.41) is 9.37. The number of hydrogen-bond donors (Lipinski definition) is 1. The maximum absolute atomic E-state index is 12.4. The average molecular weight is 338 g/mol. The molecule has 1 N–H and O–H groups in total. The maximum Gasteiger partial charge on any atom is 0.306 e. The van der Waals surface area contributed by atoms with Gasteiger partial charge in [0.1, 0.15) is 0 Å². The predicted octanol–water partition coefficient (Wildman–Crippen LogP) is 2.48. The third-order valence-electron chi connectivity index (χ3n) is 3.33. The highest BCUT2D eigenvalue weighted by atomic mass is 35.5. The van der Waals surface area contributed by atoms with E-state index in [0.717, 1.165) is 0 Å². The van der Waals surface area contributed by atoms with Gasteiger partial charge in [-0.25, -0.2) is 8.42 Å². The van der Waals surface area contributed by atoms with Crippen LogP contribution in [0.4, 0.5) is 0 Å². The van der Waals surface area contributed by atoms with Crippen molar-refractivity contribution in [2.75, 3.05) is 13.1 Å². The number of rotatable bonds is 3. The lowest BCUT2D eigenvalue weighted by molar-refractivity contribution is -0.142. The number of sulfonamides is 1. The molecule has 8 heteroatoms. The van der Waals surface area contributed by atoms with Crippen LogP contribution in [0.3, 0.4) is 0 Å². The molecule has 0 aliphatic carbocycles. The highest BCUT2D eigenvalue weighted by Gasteiger charge is 2.32. The van der Waals surface area contributed by atoms with Crippen molar-refractivity contribution in [2.24, 2.45) is 5.92 Å². The normalized spacial score (nSPS) is 18.1. The van der Waals surface area contributed by atoms with Crippen LogP contribution >= 0.6 is 23.2 Å². The molecule has 0 radical (unpaired) electrons. The molecular formula is C12H13Cl2NO4S. The van der Waals surface area contributed by atoms with Crippen molar-refractivity contribution < 1.29 is 18.3 Å². The van der Waals surface area contributed by atoms with E-state index in [9.17, 15) is 13.2 Å². The van der Waals surface area contributed by atoms with Gasteiger partial charge >= 0.3 is 5.97 Å². The van der Waals surface area contributed by atoms with Crippen LogP contribution in [-0.4, -0.2) is 36.9 Å². The first-order valence-electron chi connectivity index (χ1n) is 6.00. The minimum absolute atomic E-state index is 0.0701. The highest BCUT2D eigenvalue weighted by molar-refractivity contribution is 7.89. The highest BCUT2D eigenvalue weighted by Crippen LogP contribution is 2.28. The van der Waals surface area contributed by atoms with Crippen LogP contribution in [0.2, 0.25) is 10.0 Å². The Labute approximate surface area is 127 Å². The van der Waals surface area contributed by atoms with Crippen LogP contribution in [0, 0.1) is 5.92 Å². The number of benzene rings is 1. The monoisotopic (exact) mass is 337 g/mol. The summed E-state index contributed by atoms with van der Waals surface area (Å²) in [5.41, 5.74) is 0. The average Bonchev–Trinajstić information content (AvgIpc) is 2.41. The molecule has 0 atom stereocenters. The minimum Gasteiger partial charge on any atom is -0.481 e. The second-order valence-electron chi connectivity index (χ2n) is 4.59. The molecule has 5 nitrogen and oxygen atoms in total.